The normalized spacial score (nSPS) is 16.0. The first kappa shape index (κ1) is 12.3. The summed E-state index contributed by atoms with van der Waals surface area (Å²) in [4.78, 5) is 8.64. The van der Waals surface area contributed by atoms with E-state index in [1.807, 2.05) is 13.2 Å². The van der Waals surface area contributed by atoms with Crippen molar-refractivity contribution >= 4 is 16.9 Å². The Morgan fingerprint density at radius 3 is 2.76 bits per heavy atom. The second-order valence-electron chi connectivity index (χ2n) is 5.73. The monoisotopic (exact) mass is 279 g/mol. The van der Waals surface area contributed by atoms with Crippen LogP contribution in [0.1, 0.15) is 18.4 Å². The fraction of sp³-hybridized carbons (Fsp3) is 0.312. The second-order valence-corrected chi connectivity index (χ2v) is 5.73. The van der Waals surface area contributed by atoms with Crippen molar-refractivity contribution < 1.29 is 0 Å². The second kappa shape index (κ2) is 4.55. The van der Waals surface area contributed by atoms with Crippen LogP contribution < -0.4 is 5.32 Å². The summed E-state index contributed by atoms with van der Waals surface area (Å²) < 4.78 is 1.77. The Bertz CT molecular complexity index is 774. The first-order chi connectivity index (χ1) is 10.3. The largest absolute Gasteiger partial charge is 0.368 e. The molecule has 0 atom stereocenters. The molecular weight excluding hydrogens is 262 g/mol. The van der Waals surface area contributed by atoms with E-state index in [0.29, 0.717) is 0 Å². The highest BCUT2D eigenvalue weighted by atomic mass is 15.3. The van der Waals surface area contributed by atoms with Crippen LogP contribution in [0.3, 0.4) is 0 Å². The molecule has 0 unspecified atom stereocenters. The first-order valence-electron chi connectivity index (χ1n) is 7.21. The van der Waals surface area contributed by atoms with Crippen LogP contribution in [0.15, 0.2) is 42.9 Å². The number of nitrogens with one attached hydrogen (secondary N) is 1. The van der Waals surface area contributed by atoms with Gasteiger partial charge in [-0.3, -0.25) is 4.68 Å². The third-order valence-corrected chi connectivity index (χ3v) is 4.36. The number of rotatable bonds is 4. The minimum Gasteiger partial charge on any atom is -0.368 e. The van der Waals surface area contributed by atoms with Gasteiger partial charge in [-0.15, -0.1) is 0 Å². The van der Waals surface area contributed by atoms with E-state index in [0.717, 1.165) is 23.4 Å². The number of aryl methyl sites for hydroxylation is 1. The third kappa shape index (κ3) is 2.05. The van der Waals surface area contributed by atoms with Gasteiger partial charge in [-0.1, -0.05) is 30.3 Å². The lowest BCUT2D eigenvalue weighted by Gasteiger charge is -2.17. The molecule has 1 fully saturated rings. The molecule has 4 rings (SSSR count). The molecule has 1 N–H and O–H groups in total. The van der Waals surface area contributed by atoms with Crippen molar-refractivity contribution in [3.05, 3.63) is 48.4 Å². The van der Waals surface area contributed by atoms with Crippen LogP contribution in [0.2, 0.25) is 0 Å². The van der Waals surface area contributed by atoms with Gasteiger partial charge in [0, 0.05) is 19.0 Å². The summed E-state index contributed by atoms with van der Waals surface area (Å²) in [6, 6.07) is 10.7. The predicted molar refractivity (Wildman–Crippen MR) is 82.1 cm³/mol. The van der Waals surface area contributed by atoms with Crippen molar-refractivity contribution in [2.24, 2.45) is 7.05 Å². The van der Waals surface area contributed by atoms with Gasteiger partial charge in [0.15, 0.2) is 5.65 Å². The minimum atomic E-state index is 0.265. The lowest BCUT2D eigenvalue weighted by Crippen LogP contribution is -2.20. The maximum absolute atomic E-state index is 4.37. The van der Waals surface area contributed by atoms with Crippen LogP contribution in [0.4, 0.5) is 5.82 Å². The summed E-state index contributed by atoms with van der Waals surface area (Å²) in [5.74, 6) is 0.871. The van der Waals surface area contributed by atoms with Gasteiger partial charge in [0.05, 0.1) is 11.6 Å². The van der Waals surface area contributed by atoms with Crippen LogP contribution in [0.5, 0.6) is 0 Å². The lowest BCUT2D eigenvalue weighted by molar-refractivity contribution is 0.730. The molecule has 21 heavy (non-hydrogen) atoms. The summed E-state index contributed by atoms with van der Waals surface area (Å²) in [7, 11) is 1.89. The van der Waals surface area contributed by atoms with Gasteiger partial charge in [-0.05, 0) is 18.4 Å². The van der Waals surface area contributed by atoms with Crippen LogP contribution in [-0.4, -0.2) is 26.3 Å². The highest BCUT2D eigenvalue weighted by molar-refractivity contribution is 5.86. The molecule has 0 saturated heterocycles. The summed E-state index contributed by atoms with van der Waals surface area (Å²) in [5.41, 5.74) is 2.53. The zero-order chi connectivity index (χ0) is 14.3. The molecule has 5 heteroatoms. The number of aromatic nitrogens is 4. The molecule has 0 spiro atoms. The average molecular weight is 279 g/mol. The van der Waals surface area contributed by atoms with E-state index in [2.05, 4.69) is 50.7 Å². The fourth-order valence-electron chi connectivity index (χ4n) is 2.87. The molecule has 2 heterocycles. The molecule has 0 amide bonds. The van der Waals surface area contributed by atoms with Gasteiger partial charge in [-0.2, -0.15) is 5.10 Å². The Labute approximate surface area is 123 Å². The van der Waals surface area contributed by atoms with Crippen molar-refractivity contribution in [3.63, 3.8) is 0 Å². The minimum absolute atomic E-state index is 0.265. The number of hydrogen-bond acceptors (Lipinski definition) is 4. The molecule has 106 valence electrons. The SMILES string of the molecule is Cn1ncc2c(NCC3(c4ccccc4)CC3)ncnc21. The Morgan fingerprint density at radius 2 is 2.00 bits per heavy atom. The number of anilines is 1. The maximum Gasteiger partial charge on any atom is 0.163 e. The molecule has 1 aliphatic carbocycles. The Morgan fingerprint density at radius 1 is 1.19 bits per heavy atom. The molecule has 1 aromatic carbocycles. The zero-order valence-electron chi connectivity index (χ0n) is 12.0. The number of fused-ring (bicyclic) bond motifs is 1. The molecule has 0 radical (unpaired) electrons. The Hall–Kier alpha value is -2.43. The maximum atomic E-state index is 4.37. The van der Waals surface area contributed by atoms with Gasteiger partial charge in [0.1, 0.15) is 12.1 Å². The Balaban J connectivity index is 1.59. The van der Waals surface area contributed by atoms with E-state index in [1.54, 1.807) is 11.0 Å². The standard InChI is InChI=1S/C16H17N5/c1-21-15-13(9-20-21)14(18-11-19-15)17-10-16(7-8-16)12-5-3-2-4-6-12/h2-6,9,11H,7-8,10H2,1H3,(H,17,18,19). The van der Waals surface area contributed by atoms with Gasteiger partial charge < -0.3 is 5.32 Å². The quantitative estimate of drug-likeness (QED) is 0.797. The first-order valence-corrected chi connectivity index (χ1v) is 7.21. The van der Waals surface area contributed by atoms with Crippen molar-refractivity contribution in [3.8, 4) is 0 Å². The molecule has 1 saturated carbocycles. The third-order valence-electron chi connectivity index (χ3n) is 4.36. The van der Waals surface area contributed by atoms with E-state index >= 15 is 0 Å². The van der Waals surface area contributed by atoms with Crippen molar-refractivity contribution in [2.75, 3.05) is 11.9 Å². The van der Waals surface area contributed by atoms with Gasteiger partial charge in [0.25, 0.3) is 0 Å². The smallest absolute Gasteiger partial charge is 0.163 e. The molecule has 2 aromatic heterocycles. The van der Waals surface area contributed by atoms with Crippen LogP contribution >= 0.6 is 0 Å². The van der Waals surface area contributed by atoms with Crippen molar-refractivity contribution in [1.29, 1.82) is 0 Å². The molecular formula is C16H17N5. The van der Waals surface area contributed by atoms with E-state index in [4.69, 9.17) is 0 Å². The summed E-state index contributed by atoms with van der Waals surface area (Å²) >= 11 is 0. The highest BCUT2D eigenvalue weighted by Gasteiger charge is 2.43. The van der Waals surface area contributed by atoms with Crippen molar-refractivity contribution in [1.82, 2.24) is 19.7 Å². The summed E-state index contributed by atoms with van der Waals surface area (Å²) in [6.07, 6.45) is 5.87. The topological polar surface area (TPSA) is 55.6 Å². The lowest BCUT2D eigenvalue weighted by atomic mass is 9.96. The molecule has 0 bridgehead atoms. The van der Waals surface area contributed by atoms with E-state index < -0.39 is 0 Å². The highest BCUT2D eigenvalue weighted by Crippen LogP contribution is 2.48. The van der Waals surface area contributed by atoms with E-state index in [1.165, 1.54) is 18.4 Å². The van der Waals surface area contributed by atoms with Crippen molar-refractivity contribution in [2.45, 2.75) is 18.3 Å². The van der Waals surface area contributed by atoms with Gasteiger partial charge in [0.2, 0.25) is 0 Å². The van der Waals surface area contributed by atoms with Gasteiger partial charge in [-0.25, -0.2) is 9.97 Å². The fourth-order valence-corrected chi connectivity index (χ4v) is 2.87. The summed E-state index contributed by atoms with van der Waals surface area (Å²) in [5, 5.41) is 8.72. The molecule has 3 aromatic rings. The van der Waals surface area contributed by atoms with Gasteiger partial charge >= 0.3 is 0 Å². The average Bonchev–Trinajstić information content (AvgIpc) is 3.24. The van der Waals surface area contributed by atoms with Crippen LogP contribution in [-0.2, 0) is 12.5 Å². The number of benzene rings is 1. The number of nitrogens with zero attached hydrogens (tertiary/aromatic N) is 4. The molecule has 5 nitrogen and oxygen atoms in total. The van der Waals surface area contributed by atoms with E-state index in [-0.39, 0.29) is 5.41 Å². The molecule has 0 aliphatic heterocycles. The predicted octanol–water partition coefficient (Wildman–Crippen LogP) is 2.51. The summed E-state index contributed by atoms with van der Waals surface area (Å²) in [6.45, 7) is 0.901. The Kier molecular flexibility index (Phi) is 2.67. The van der Waals surface area contributed by atoms with E-state index in [9.17, 15) is 0 Å². The number of hydrogen-bond donors (Lipinski definition) is 1. The zero-order valence-corrected chi connectivity index (χ0v) is 12.0. The van der Waals surface area contributed by atoms with Crippen LogP contribution in [0, 0.1) is 0 Å². The molecule has 1 aliphatic rings. The van der Waals surface area contributed by atoms with Crippen LogP contribution in [0.25, 0.3) is 11.0 Å².